The maximum absolute atomic E-state index is 11.5. The van der Waals surface area contributed by atoms with Gasteiger partial charge in [0.25, 0.3) is 0 Å². The fourth-order valence-corrected chi connectivity index (χ4v) is 1.57. The van der Waals surface area contributed by atoms with Gasteiger partial charge in [-0.25, -0.2) is 4.79 Å². The Morgan fingerprint density at radius 3 is 2.80 bits per heavy atom. The molecule has 0 spiro atoms. The molecule has 0 aliphatic rings. The third-order valence-electron chi connectivity index (χ3n) is 2.45. The molecule has 0 saturated heterocycles. The SMILES string of the molecule is CC(C)(C)OC(=O)NCC(CN)c1cn[nH]c1[N+](=O)[O-]. The van der Waals surface area contributed by atoms with Gasteiger partial charge in [0, 0.05) is 19.0 Å². The maximum Gasteiger partial charge on any atom is 0.407 e. The van der Waals surface area contributed by atoms with E-state index < -0.39 is 22.5 Å². The van der Waals surface area contributed by atoms with E-state index >= 15 is 0 Å². The second-order valence-electron chi connectivity index (χ2n) is 5.25. The molecule has 0 aromatic carbocycles. The van der Waals surface area contributed by atoms with E-state index in [0.717, 1.165) is 0 Å². The molecule has 1 atom stereocenters. The van der Waals surface area contributed by atoms with E-state index in [2.05, 4.69) is 15.5 Å². The Hall–Kier alpha value is -2.16. The number of alkyl carbamates (subject to hydrolysis) is 1. The van der Waals surface area contributed by atoms with E-state index in [1.807, 2.05) is 0 Å². The largest absolute Gasteiger partial charge is 0.444 e. The van der Waals surface area contributed by atoms with Crippen molar-refractivity contribution in [2.24, 2.45) is 5.73 Å². The number of ether oxygens (including phenoxy) is 1. The summed E-state index contributed by atoms with van der Waals surface area (Å²) in [6, 6.07) is 0. The van der Waals surface area contributed by atoms with Crippen LogP contribution in [0.5, 0.6) is 0 Å². The van der Waals surface area contributed by atoms with E-state index in [9.17, 15) is 14.9 Å². The number of H-pyrrole nitrogens is 1. The molecule has 112 valence electrons. The van der Waals surface area contributed by atoms with Crippen molar-refractivity contribution in [2.75, 3.05) is 13.1 Å². The van der Waals surface area contributed by atoms with Crippen LogP contribution in [0.25, 0.3) is 0 Å². The summed E-state index contributed by atoms with van der Waals surface area (Å²) in [5.41, 5.74) is 5.34. The average molecular weight is 285 g/mol. The van der Waals surface area contributed by atoms with E-state index in [4.69, 9.17) is 10.5 Å². The van der Waals surface area contributed by atoms with Gasteiger partial charge in [0.05, 0.1) is 11.8 Å². The number of rotatable bonds is 5. The summed E-state index contributed by atoms with van der Waals surface area (Å²) in [4.78, 5) is 21.8. The molecule has 1 aromatic rings. The Bertz CT molecular complexity index is 479. The topological polar surface area (TPSA) is 136 Å². The van der Waals surface area contributed by atoms with E-state index in [0.29, 0.717) is 5.56 Å². The normalized spacial score (nSPS) is 12.8. The van der Waals surface area contributed by atoms with Crippen LogP contribution in [-0.2, 0) is 4.74 Å². The molecule has 20 heavy (non-hydrogen) atoms. The van der Waals surface area contributed by atoms with Crippen LogP contribution in [0.4, 0.5) is 10.6 Å². The number of nitro groups is 1. The first kappa shape index (κ1) is 15.9. The molecular weight excluding hydrogens is 266 g/mol. The van der Waals surface area contributed by atoms with Gasteiger partial charge in [-0.3, -0.25) is 0 Å². The fraction of sp³-hybridized carbons (Fsp3) is 0.636. The summed E-state index contributed by atoms with van der Waals surface area (Å²) >= 11 is 0. The zero-order valence-corrected chi connectivity index (χ0v) is 11.7. The molecule has 1 rings (SSSR count). The number of amides is 1. The minimum absolute atomic E-state index is 0.131. The second kappa shape index (κ2) is 6.33. The molecule has 9 heteroatoms. The molecule has 1 unspecified atom stereocenters. The highest BCUT2D eigenvalue weighted by Gasteiger charge is 2.24. The summed E-state index contributed by atoms with van der Waals surface area (Å²) in [5, 5.41) is 19.3. The Morgan fingerprint density at radius 1 is 1.65 bits per heavy atom. The highest BCUT2D eigenvalue weighted by molar-refractivity contribution is 5.67. The number of carbonyl (C=O) groups excluding carboxylic acids is 1. The molecule has 0 radical (unpaired) electrons. The van der Waals surface area contributed by atoms with Gasteiger partial charge in [-0.15, -0.1) is 5.10 Å². The average Bonchev–Trinajstić information content (AvgIpc) is 2.76. The third kappa shape index (κ3) is 4.50. The van der Waals surface area contributed by atoms with Gasteiger partial charge in [0.2, 0.25) is 0 Å². The minimum atomic E-state index is -0.607. The predicted octanol–water partition coefficient (Wildman–Crippen LogP) is 0.885. The van der Waals surface area contributed by atoms with Crippen LogP contribution in [0, 0.1) is 10.1 Å². The molecule has 0 aliphatic heterocycles. The molecule has 0 saturated carbocycles. The second-order valence-corrected chi connectivity index (χ2v) is 5.25. The quantitative estimate of drug-likeness (QED) is 0.542. The highest BCUT2D eigenvalue weighted by Crippen LogP contribution is 2.22. The first-order chi connectivity index (χ1) is 9.24. The summed E-state index contributed by atoms with van der Waals surface area (Å²) in [5.74, 6) is -0.631. The number of hydrogen-bond acceptors (Lipinski definition) is 6. The van der Waals surface area contributed by atoms with Crippen LogP contribution < -0.4 is 11.1 Å². The molecule has 1 aromatic heterocycles. The first-order valence-electron chi connectivity index (χ1n) is 6.09. The lowest BCUT2D eigenvalue weighted by molar-refractivity contribution is -0.390. The van der Waals surface area contributed by atoms with Crippen molar-refractivity contribution in [1.82, 2.24) is 15.5 Å². The number of nitrogens with one attached hydrogen (secondary N) is 2. The van der Waals surface area contributed by atoms with E-state index in [1.165, 1.54) is 6.20 Å². The van der Waals surface area contributed by atoms with Gasteiger partial charge >= 0.3 is 11.9 Å². The number of nitrogens with zero attached hydrogens (tertiary/aromatic N) is 2. The lowest BCUT2D eigenvalue weighted by atomic mass is 10.0. The standard InChI is InChI=1S/C11H19N5O4/c1-11(2,3)20-10(17)13-5-7(4-12)8-6-14-15-9(8)16(18)19/h6-7H,4-5,12H2,1-3H3,(H,13,17)(H,14,15). The van der Waals surface area contributed by atoms with Gasteiger partial charge in [0.1, 0.15) is 5.60 Å². The van der Waals surface area contributed by atoms with Gasteiger partial charge < -0.3 is 25.9 Å². The van der Waals surface area contributed by atoms with Crippen molar-refractivity contribution in [3.05, 3.63) is 21.9 Å². The van der Waals surface area contributed by atoms with Gasteiger partial charge in [0.15, 0.2) is 0 Å². The highest BCUT2D eigenvalue weighted by atomic mass is 16.6. The number of hydrogen-bond donors (Lipinski definition) is 3. The molecule has 0 bridgehead atoms. The summed E-state index contributed by atoms with van der Waals surface area (Å²) in [6.07, 6.45) is 0.744. The van der Waals surface area contributed by atoms with E-state index in [-0.39, 0.29) is 18.9 Å². The number of aromatic nitrogens is 2. The van der Waals surface area contributed by atoms with Crippen LogP contribution in [0.2, 0.25) is 0 Å². The molecule has 9 nitrogen and oxygen atoms in total. The minimum Gasteiger partial charge on any atom is -0.444 e. The van der Waals surface area contributed by atoms with E-state index in [1.54, 1.807) is 20.8 Å². The van der Waals surface area contributed by atoms with Crippen LogP contribution in [0.3, 0.4) is 0 Å². The summed E-state index contributed by atoms with van der Waals surface area (Å²) in [6.45, 7) is 5.50. The van der Waals surface area contributed by atoms with Gasteiger partial charge in [-0.1, -0.05) is 5.10 Å². The third-order valence-corrected chi connectivity index (χ3v) is 2.45. The number of nitrogens with two attached hydrogens (primary N) is 1. The van der Waals surface area contributed by atoms with Crippen molar-refractivity contribution in [1.29, 1.82) is 0 Å². The first-order valence-corrected chi connectivity index (χ1v) is 6.09. The zero-order chi connectivity index (χ0) is 15.3. The van der Waals surface area contributed by atoms with Crippen LogP contribution in [0.1, 0.15) is 32.3 Å². The lowest BCUT2D eigenvalue weighted by Crippen LogP contribution is -2.36. The van der Waals surface area contributed by atoms with Crippen molar-refractivity contribution < 1.29 is 14.5 Å². The summed E-state index contributed by atoms with van der Waals surface area (Å²) < 4.78 is 5.08. The lowest BCUT2D eigenvalue weighted by Gasteiger charge is -2.21. The van der Waals surface area contributed by atoms with Crippen molar-refractivity contribution in [3.8, 4) is 0 Å². The smallest absolute Gasteiger partial charge is 0.407 e. The molecule has 0 aliphatic carbocycles. The summed E-state index contributed by atoms with van der Waals surface area (Å²) in [7, 11) is 0. The number of carbonyl (C=O) groups is 1. The Balaban J connectivity index is 2.66. The predicted molar refractivity (Wildman–Crippen MR) is 71.3 cm³/mol. The molecular formula is C11H19N5O4. The van der Waals surface area contributed by atoms with Gasteiger partial charge in [-0.05, 0) is 25.7 Å². The number of aromatic amines is 1. The fourth-order valence-electron chi connectivity index (χ4n) is 1.57. The van der Waals surface area contributed by atoms with Crippen LogP contribution in [0.15, 0.2) is 6.20 Å². The Labute approximate surface area is 116 Å². The Morgan fingerprint density at radius 2 is 2.30 bits per heavy atom. The van der Waals surface area contributed by atoms with Crippen molar-refractivity contribution in [2.45, 2.75) is 32.3 Å². The van der Waals surface area contributed by atoms with Crippen molar-refractivity contribution in [3.63, 3.8) is 0 Å². The Kier molecular flexibility index (Phi) is 5.03. The molecule has 4 N–H and O–H groups in total. The van der Waals surface area contributed by atoms with Crippen LogP contribution >= 0.6 is 0 Å². The monoisotopic (exact) mass is 285 g/mol. The van der Waals surface area contributed by atoms with Crippen molar-refractivity contribution >= 4 is 11.9 Å². The molecule has 0 fully saturated rings. The zero-order valence-electron chi connectivity index (χ0n) is 11.7. The maximum atomic E-state index is 11.5. The molecule has 1 heterocycles. The van der Waals surface area contributed by atoms with Crippen LogP contribution in [-0.4, -0.2) is 39.9 Å². The molecule has 1 amide bonds. The van der Waals surface area contributed by atoms with Gasteiger partial charge in [-0.2, -0.15) is 0 Å².